The van der Waals surface area contributed by atoms with E-state index >= 15 is 0 Å². The van der Waals surface area contributed by atoms with E-state index in [1.165, 1.54) is 87.6 Å². The summed E-state index contributed by atoms with van der Waals surface area (Å²) < 4.78 is 0. The highest BCUT2D eigenvalue weighted by Crippen LogP contribution is 2.50. The largest absolute Gasteiger partial charge is 0.310 e. The topological polar surface area (TPSA) is 3.24 Å². The Morgan fingerprint density at radius 3 is 1.57 bits per heavy atom. The second-order valence-electron chi connectivity index (χ2n) is 15.8. The van der Waals surface area contributed by atoms with Crippen molar-refractivity contribution in [3.63, 3.8) is 0 Å². The molecule has 0 fully saturated rings. The summed E-state index contributed by atoms with van der Waals surface area (Å²) in [6.45, 7) is 4.71. The maximum absolute atomic E-state index is 2.41. The van der Waals surface area contributed by atoms with Crippen LogP contribution in [0.4, 0.5) is 17.1 Å². The van der Waals surface area contributed by atoms with Gasteiger partial charge in [-0.3, -0.25) is 0 Å². The summed E-state index contributed by atoms with van der Waals surface area (Å²) in [5.41, 5.74) is 13.6. The minimum atomic E-state index is -0.0922. The molecule has 1 aliphatic carbocycles. The van der Waals surface area contributed by atoms with Gasteiger partial charge in [0.15, 0.2) is 0 Å². The highest BCUT2D eigenvalue weighted by molar-refractivity contribution is 6.20. The molecule has 0 aliphatic heterocycles. The van der Waals surface area contributed by atoms with Crippen molar-refractivity contribution in [3.05, 3.63) is 211 Å². The molecule has 56 heavy (non-hydrogen) atoms. The average Bonchev–Trinajstić information content (AvgIpc) is 3.49. The number of anilines is 3. The SMILES string of the molecule is CC1(C)c2ccccc2-c2ccc(N(c3ccc(-c4ccc5ccccc5c4)cc3)c3ccc(-c4ccc5c(ccc6ccc7ccccc7c65)c4)cc3)cc21. The van der Waals surface area contributed by atoms with Crippen LogP contribution >= 0.6 is 0 Å². The molecule has 0 aromatic heterocycles. The van der Waals surface area contributed by atoms with E-state index in [0.29, 0.717) is 0 Å². The van der Waals surface area contributed by atoms with Gasteiger partial charge in [0.2, 0.25) is 0 Å². The number of fused-ring (bicyclic) bond motifs is 9. The molecule has 1 aliphatic rings. The lowest BCUT2D eigenvalue weighted by Gasteiger charge is -2.28. The lowest BCUT2D eigenvalue weighted by atomic mass is 9.82. The quantitative estimate of drug-likeness (QED) is 0.161. The normalized spacial score (nSPS) is 13.0. The summed E-state index contributed by atoms with van der Waals surface area (Å²) >= 11 is 0. The van der Waals surface area contributed by atoms with Crippen LogP contribution in [0.2, 0.25) is 0 Å². The van der Waals surface area contributed by atoms with Crippen molar-refractivity contribution in [2.24, 2.45) is 0 Å². The van der Waals surface area contributed by atoms with E-state index in [9.17, 15) is 0 Å². The van der Waals surface area contributed by atoms with Gasteiger partial charge in [-0.25, -0.2) is 0 Å². The molecule has 0 atom stereocenters. The van der Waals surface area contributed by atoms with E-state index in [0.717, 1.165) is 17.1 Å². The Balaban J connectivity index is 0.998. The van der Waals surface area contributed by atoms with Gasteiger partial charge in [0, 0.05) is 22.5 Å². The molecule has 11 rings (SSSR count). The monoisotopic (exact) mass is 713 g/mol. The smallest absolute Gasteiger partial charge is 0.0465 e. The van der Waals surface area contributed by atoms with Gasteiger partial charge in [-0.2, -0.15) is 0 Å². The minimum absolute atomic E-state index is 0.0922. The highest BCUT2D eigenvalue weighted by atomic mass is 15.1. The minimum Gasteiger partial charge on any atom is -0.310 e. The molecule has 0 N–H and O–H groups in total. The van der Waals surface area contributed by atoms with E-state index in [4.69, 9.17) is 0 Å². The van der Waals surface area contributed by atoms with Crippen LogP contribution in [-0.4, -0.2) is 0 Å². The van der Waals surface area contributed by atoms with Crippen molar-refractivity contribution in [2.75, 3.05) is 4.90 Å². The summed E-state index contributed by atoms with van der Waals surface area (Å²) in [4.78, 5) is 2.41. The van der Waals surface area contributed by atoms with E-state index < -0.39 is 0 Å². The fourth-order valence-corrected chi connectivity index (χ4v) is 9.27. The second kappa shape index (κ2) is 12.5. The van der Waals surface area contributed by atoms with Crippen LogP contribution in [0.5, 0.6) is 0 Å². The summed E-state index contributed by atoms with van der Waals surface area (Å²) in [6.07, 6.45) is 0. The Hall–Kier alpha value is -6.96. The van der Waals surface area contributed by atoms with Crippen LogP contribution in [0, 0.1) is 0 Å². The van der Waals surface area contributed by atoms with Crippen LogP contribution in [0.25, 0.3) is 76.5 Å². The van der Waals surface area contributed by atoms with Crippen LogP contribution in [0.15, 0.2) is 200 Å². The summed E-state index contributed by atoms with van der Waals surface area (Å²) in [7, 11) is 0. The number of rotatable bonds is 5. The summed E-state index contributed by atoms with van der Waals surface area (Å²) in [5.74, 6) is 0. The fourth-order valence-electron chi connectivity index (χ4n) is 9.27. The van der Waals surface area contributed by atoms with Crippen molar-refractivity contribution < 1.29 is 0 Å². The van der Waals surface area contributed by atoms with Crippen molar-refractivity contribution in [1.29, 1.82) is 0 Å². The molecule has 1 nitrogen and oxygen atoms in total. The maximum atomic E-state index is 2.41. The molecular formula is C55H39N. The lowest BCUT2D eigenvalue weighted by Crippen LogP contribution is -2.16. The van der Waals surface area contributed by atoms with E-state index in [1.54, 1.807) is 0 Å². The van der Waals surface area contributed by atoms with Gasteiger partial charge in [0.25, 0.3) is 0 Å². The first-order chi connectivity index (χ1) is 27.5. The molecule has 0 amide bonds. The van der Waals surface area contributed by atoms with Gasteiger partial charge < -0.3 is 4.90 Å². The Bertz CT molecular complexity index is 3150. The predicted molar refractivity (Wildman–Crippen MR) is 240 cm³/mol. The highest BCUT2D eigenvalue weighted by Gasteiger charge is 2.35. The molecule has 264 valence electrons. The van der Waals surface area contributed by atoms with Crippen molar-refractivity contribution in [2.45, 2.75) is 19.3 Å². The first kappa shape index (κ1) is 32.5. The van der Waals surface area contributed by atoms with Gasteiger partial charge >= 0.3 is 0 Å². The zero-order valence-electron chi connectivity index (χ0n) is 31.5. The zero-order valence-corrected chi connectivity index (χ0v) is 31.5. The van der Waals surface area contributed by atoms with Gasteiger partial charge in [0.05, 0.1) is 0 Å². The van der Waals surface area contributed by atoms with E-state index in [2.05, 4.69) is 219 Å². The number of nitrogens with zero attached hydrogens (tertiary/aromatic N) is 1. The summed E-state index contributed by atoms with van der Waals surface area (Å²) in [6, 6.07) is 74.0. The Morgan fingerprint density at radius 2 is 0.821 bits per heavy atom. The van der Waals surface area contributed by atoms with Crippen LogP contribution in [0.1, 0.15) is 25.0 Å². The van der Waals surface area contributed by atoms with Gasteiger partial charge in [-0.1, -0.05) is 166 Å². The molecule has 0 bridgehead atoms. The third-order valence-electron chi connectivity index (χ3n) is 12.2. The van der Waals surface area contributed by atoms with Crippen LogP contribution in [0.3, 0.4) is 0 Å². The standard InChI is InChI=1S/C55H39N/c1-55(2)52-14-8-7-13-50(52)51-32-30-47(35-53(51)55)56(45-26-21-37(22-27-45)42-19-15-36-9-3-4-11-41(36)33-42)46-28-23-38(24-29-46)43-25-31-49-44(34-43)20-18-40-17-16-39-10-5-6-12-48(39)54(40)49/h3-35H,1-2H3. The Labute approximate surface area is 327 Å². The molecule has 0 saturated heterocycles. The van der Waals surface area contributed by atoms with Crippen LogP contribution in [-0.2, 0) is 5.41 Å². The van der Waals surface area contributed by atoms with Crippen molar-refractivity contribution >= 4 is 60.2 Å². The molecule has 0 saturated carbocycles. The van der Waals surface area contributed by atoms with Crippen molar-refractivity contribution in [3.8, 4) is 33.4 Å². The first-order valence-electron chi connectivity index (χ1n) is 19.6. The van der Waals surface area contributed by atoms with Crippen molar-refractivity contribution in [1.82, 2.24) is 0 Å². The van der Waals surface area contributed by atoms with E-state index in [1.807, 2.05) is 0 Å². The third kappa shape index (κ3) is 5.16. The molecule has 0 radical (unpaired) electrons. The molecule has 10 aromatic rings. The fraction of sp³-hybridized carbons (Fsp3) is 0.0545. The third-order valence-corrected chi connectivity index (χ3v) is 12.2. The summed E-state index contributed by atoms with van der Waals surface area (Å²) in [5, 5.41) is 10.2. The maximum Gasteiger partial charge on any atom is 0.0465 e. The molecule has 0 spiro atoms. The predicted octanol–water partition coefficient (Wildman–Crippen LogP) is 15.4. The lowest BCUT2D eigenvalue weighted by molar-refractivity contribution is 0.660. The Kier molecular flexibility index (Phi) is 7.28. The average molecular weight is 714 g/mol. The van der Waals surface area contributed by atoms with Crippen LogP contribution < -0.4 is 4.90 Å². The molecule has 10 aromatic carbocycles. The van der Waals surface area contributed by atoms with Gasteiger partial charge in [0.1, 0.15) is 0 Å². The first-order valence-corrected chi connectivity index (χ1v) is 19.6. The molecular weight excluding hydrogens is 675 g/mol. The van der Waals surface area contributed by atoms with Gasteiger partial charge in [-0.15, -0.1) is 0 Å². The number of hydrogen-bond donors (Lipinski definition) is 0. The second-order valence-corrected chi connectivity index (χ2v) is 15.8. The Morgan fingerprint density at radius 1 is 0.321 bits per heavy atom. The molecule has 0 heterocycles. The molecule has 1 heteroatoms. The van der Waals surface area contributed by atoms with Gasteiger partial charge in [-0.05, 0) is 136 Å². The zero-order chi connectivity index (χ0) is 37.4. The number of benzene rings is 10. The molecule has 0 unspecified atom stereocenters. The van der Waals surface area contributed by atoms with E-state index in [-0.39, 0.29) is 5.41 Å². The number of hydrogen-bond acceptors (Lipinski definition) is 1.